The second-order valence-corrected chi connectivity index (χ2v) is 4.79. The number of aliphatic carboxylic acids is 1. The molecule has 0 heterocycles. The Kier molecular flexibility index (Phi) is 3.31. The van der Waals surface area contributed by atoms with Gasteiger partial charge in [0.05, 0.1) is 0 Å². The fourth-order valence-corrected chi connectivity index (χ4v) is 1.81. The van der Waals surface area contributed by atoms with E-state index in [1.54, 1.807) is 0 Å². The van der Waals surface area contributed by atoms with Crippen molar-refractivity contribution in [1.29, 1.82) is 0 Å². The molecule has 2 fully saturated rings. The number of amides is 2. The molecule has 0 aromatic heterocycles. The van der Waals surface area contributed by atoms with Crippen LogP contribution in [0.5, 0.6) is 0 Å². The lowest BCUT2D eigenvalue weighted by atomic mass is 9.93. The first-order valence-electron chi connectivity index (χ1n) is 5.92. The molecule has 0 radical (unpaired) electrons. The number of carboxylic acid groups (broad SMARTS) is 1. The normalized spacial score (nSPS) is 20.0. The van der Waals surface area contributed by atoms with E-state index in [-0.39, 0.29) is 18.6 Å². The van der Waals surface area contributed by atoms with Crippen LogP contribution >= 0.6 is 0 Å². The average molecular weight is 226 g/mol. The number of nitrogens with one attached hydrogen (secondary N) is 1. The summed E-state index contributed by atoms with van der Waals surface area (Å²) in [6, 6.07) is 0.0574. The summed E-state index contributed by atoms with van der Waals surface area (Å²) in [6.07, 6.45) is 5.44. The summed E-state index contributed by atoms with van der Waals surface area (Å²) < 4.78 is 0. The van der Waals surface area contributed by atoms with E-state index in [0.29, 0.717) is 12.5 Å². The number of hydrogen-bond acceptors (Lipinski definition) is 2. The van der Waals surface area contributed by atoms with Gasteiger partial charge in [-0.25, -0.2) is 4.79 Å². The van der Waals surface area contributed by atoms with Crippen LogP contribution in [0.3, 0.4) is 0 Å². The minimum absolute atomic E-state index is 0.185. The van der Waals surface area contributed by atoms with Crippen LogP contribution < -0.4 is 5.32 Å². The molecule has 2 aliphatic carbocycles. The molecular formula is C11H18N2O3. The molecule has 5 heteroatoms. The Labute approximate surface area is 94.8 Å². The van der Waals surface area contributed by atoms with E-state index in [2.05, 4.69) is 5.32 Å². The van der Waals surface area contributed by atoms with E-state index in [1.165, 1.54) is 4.90 Å². The summed E-state index contributed by atoms with van der Waals surface area (Å²) in [7, 11) is 0. The van der Waals surface area contributed by atoms with Crippen LogP contribution in [-0.2, 0) is 4.79 Å². The minimum Gasteiger partial charge on any atom is -0.480 e. The molecule has 0 aromatic rings. The highest BCUT2D eigenvalue weighted by Crippen LogP contribution is 2.29. The van der Waals surface area contributed by atoms with Gasteiger partial charge >= 0.3 is 12.0 Å². The van der Waals surface area contributed by atoms with Gasteiger partial charge < -0.3 is 15.3 Å². The van der Waals surface area contributed by atoms with Crippen molar-refractivity contribution in [2.75, 3.05) is 13.1 Å². The number of urea groups is 1. The quantitative estimate of drug-likeness (QED) is 0.736. The number of hydrogen-bond donors (Lipinski definition) is 2. The second-order valence-electron chi connectivity index (χ2n) is 4.79. The summed E-state index contributed by atoms with van der Waals surface area (Å²) >= 11 is 0. The van der Waals surface area contributed by atoms with Gasteiger partial charge in [0, 0.05) is 12.6 Å². The Hall–Kier alpha value is -1.26. The molecule has 16 heavy (non-hydrogen) atoms. The number of nitrogens with zero attached hydrogens (tertiary/aromatic N) is 1. The Bertz CT molecular complexity index is 285. The fourth-order valence-electron chi connectivity index (χ4n) is 1.81. The Morgan fingerprint density at radius 1 is 1.25 bits per heavy atom. The van der Waals surface area contributed by atoms with Crippen LogP contribution in [0.1, 0.15) is 32.1 Å². The lowest BCUT2D eigenvalue weighted by Gasteiger charge is -2.30. The van der Waals surface area contributed by atoms with E-state index in [4.69, 9.17) is 5.11 Å². The molecule has 0 saturated heterocycles. The monoisotopic (exact) mass is 226 g/mol. The van der Waals surface area contributed by atoms with Gasteiger partial charge in [-0.1, -0.05) is 0 Å². The first-order valence-corrected chi connectivity index (χ1v) is 5.92. The van der Waals surface area contributed by atoms with E-state index in [9.17, 15) is 9.59 Å². The standard InChI is InChI=1S/C11H18N2O3/c14-10(15)7-13(6-8-4-5-8)11(16)12-9-2-1-3-9/h8-9H,1-7H2,(H,12,16)(H,14,15). The molecule has 0 spiro atoms. The van der Waals surface area contributed by atoms with Crippen molar-refractivity contribution in [3.63, 3.8) is 0 Å². The van der Waals surface area contributed by atoms with Crippen LogP contribution in [0, 0.1) is 5.92 Å². The Morgan fingerprint density at radius 3 is 2.38 bits per heavy atom. The third-order valence-electron chi connectivity index (χ3n) is 3.22. The van der Waals surface area contributed by atoms with E-state index < -0.39 is 5.97 Å². The number of carbonyl (C=O) groups is 2. The van der Waals surface area contributed by atoms with E-state index >= 15 is 0 Å². The highest BCUT2D eigenvalue weighted by molar-refractivity contribution is 5.80. The molecule has 5 nitrogen and oxygen atoms in total. The van der Waals surface area contributed by atoms with Crippen LogP contribution in [0.4, 0.5) is 4.79 Å². The summed E-state index contributed by atoms with van der Waals surface area (Å²) in [5, 5.41) is 11.6. The summed E-state index contributed by atoms with van der Waals surface area (Å²) in [6.45, 7) is 0.403. The first-order chi connectivity index (χ1) is 7.65. The lowest BCUT2D eigenvalue weighted by molar-refractivity contribution is -0.137. The van der Waals surface area contributed by atoms with Gasteiger partial charge in [0.25, 0.3) is 0 Å². The maximum absolute atomic E-state index is 11.8. The smallest absolute Gasteiger partial charge is 0.323 e. The molecular weight excluding hydrogens is 208 g/mol. The van der Waals surface area contributed by atoms with Crippen LogP contribution in [0.15, 0.2) is 0 Å². The maximum Gasteiger partial charge on any atom is 0.323 e. The summed E-state index contributed by atoms with van der Waals surface area (Å²) in [5.74, 6) is -0.420. The summed E-state index contributed by atoms with van der Waals surface area (Å²) in [4.78, 5) is 23.9. The fraction of sp³-hybridized carbons (Fsp3) is 0.818. The van der Waals surface area contributed by atoms with Crippen molar-refractivity contribution < 1.29 is 14.7 Å². The van der Waals surface area contributed by atoms with Crippen molar-refractivity contribution >= 4 is 12.0 Å². The van der Waals surface area contributed by atoms with Gasteiger partial charge in [-0.05, 0) is 38.0 Å². The van der Waals surface area contributed by atoms with E-state index in [0.717, 1.165) is 32.1 Å². The zero-order chi connectivity index (χ0) is 11.5. The van der Waals surface area contributed by atoms with Crippen molar-refractivity contribution in [2.24, 2.45) is 5.92 Å². The molecule has 2 saturated carbocycles. The third kappa shape index (κ3) is 3.12. The van der Waals surface area contributed by atoms with Gasteiger partial charge in [-0.2, -0.15) is 0 Å². The molecule has 2 aliphatic rings. The SMILES string of the molecule is O=C(O)CN(CC1CC1)C(=O)NC1CCC1. The molecule has 0 aliphatic heterocycles. The van der Waals surface area contributed by atoms with E-state index in [1.807, 2.05) is 0 Å². The van der Waals surface area contributed by atoms with Gasteiger partial charge in [0.2, 0.25) is 0 Å². The van der Waals surface area contributed by atoms with Gasteiger partial charge in [-0.3, -0.25) is 4.79 Å². The van der Waals surface area contributed by atoms with Crippen LogP contribution in [0.25, 0.3) is 0 Å². The molecule has 0 aromatic carbocycles. The molecule has 2 amide bonds. The molecule has 0 unspecified atom stereocenters. The number of carboxylic acids is 1. The Morgan fingerprint density at radius 2 is 1.94 bits per heavy atom. The molecule has 2 N–H and O–H groups in total. The van der Waals surface area contributed by atoms with Gasteiger partial charge in [0.1, 0.15) is 6.54 Å². The van der Waals surface area contributed by atoms with Gasteiger partial charge in [0.15, 0.2) is 0 Å². The predicted octanol–water partition coefficient (Wildman–Crippen LogP) is 1.05. The zero-order valence-corrected chi connectivity index (χ0v) is 9.32. The molecule has 2 rings (SSSR count). The zero-order valence-electron chi connectivity index (χ0n) is 9.32. The van der Waals surface area contributed by atoms with Gasteiger partial charge in [-0.15, -0.1) is 0 Å². The molecule has 0 atom stereocenters. The predicted molar refractivity (Wildman–Crippen MR) is 58.1 cm³/mol. The summed E-state index contributed by atoms with van der Waals surface area (Å²) in [5.41, 5.74) is 0. The Balaban J connectivity index is 1.81. The average Bonchev–Trinajstić information content (AvgIpc) is 2.93. The topological polar surface area (TPSA) is 69.6 Å². The second kappa shape index (κ2) is 4.72. The highest BCUT2D eigenvalue weighted by Gasteiger charge is 2.29. The largest absolute Gasteiger partial charge is 0.480 e. The van der Waals surface area contributed by atoms with Crippen LogP contribution in [0.2, 0.25) is 0 Å². The lowest BCUT2D eigenvalue weighted by Crippen LogP contribution is -2.49. The van der Waals surface area contributed by atoms with Crippen molar-refractivity contribution in [2.45, 2.75) is 38.1 Å². The number of carbonyl (C=O) groups excluding carboxylic acids is 1. The molecule has 0 bridgehead atoms. The highest BCUT2D eigenvalue weighted by atomic mass is 16.4. The minimum atomic E-state index is -0.940. The number of rotatable bonds is 5. The van der Waals surface area contributed by atoms with Crippen molar-refractivity contribution in [3.8, 4) is 0 Å². The van der Waals surface area contributed by atoms with Crippen molar-refractivity contribution in [1.82, 2.24) is 10.2 Å². The maximum atomic E-state index is 11.8. The van der Waals surface area contributed by atoms with Crippen molar-refractivity contribution in [3.05, 3.63) is 0 Å². The molecule has 90 valence electrons. The van der Waals surface area contributed by atoms with Crippen LogP contribution in [-0.4, -0.2) is 41.1 Å². The first kappa shape index (κ1) is 11.2. The third-order valence-corrected chi connectivity index (χ3v) is 3.22.